The van der Waals surface area contributed by atoms with Gasteiger partial charge in [-0.05, 0) is 113 Å². The molecule has 0 amide bonds. The van der Waals surface area contributed by atoms with Gasteiger partial charge >= 0.3 is 0 Å². The molecule has 11 aromatic rings. The van der Waals surface area contributed by atoms with Crippen LogP contribution in [0, 0.1) is 11.3 Å². The number of benzene rings is 8. The second-order valence-electron chi connectivity index (χ2n) is 16.5. The first-order valence-electron chi connectivity index (χ1n) is 22.1. The minimum Gasteiger partial charge on any atom is -0.355 e. The number of nitrogens with zero attached hydrogens (tertiary/aromatic N) is 2. The van der Waals surface area contributed by atoms with Crippen LogP contribution >= 0.6 is 11.3 Å². The zero-order chi connectivity index (χ0) is 42.2. The Hall–Kier alpha value is -7.47. The van der Waals surface area contributed by atoms with Gasteiger partial charge in [-0.3, -0.25) is 0 Å². The maximum atomic E-state index is 8.92. The van der Waals surface area contributed by atoms with Crippen LogP contribution in [-0.2, 0) is 0 Å². The van der Waals surface area contributed by atoms with Gasteiger partial charge in [-0.15, -0.1) is 11.3 Å². The van der Waals surface area contributed by atoms with Gasteiger partial charge in [0.1, 0.15) is 0 Å². The molecular weight excluding hydrogens is 785 g/mol. The molecule has 2 aliphatic rings. The molecule has 2 atom stereocenters. The van der Waals surface area contributed by atoms with Crippen molar-refractivity contribution in [2.45, 2.75) is 26.2 Å². The summed E-state index contributed by atoms with van der Waals surface area (Å²) in [7, 11) is 0. The van der Waals surface area contributed by atoms with Crippen LogP contribution in [0.2, 0.25) is 0 Å². The number of thiophene rings is 1. The summed E-state index contributed by atoms with van der Waals surface area (Å²) in [6, 6.07) is 63.5. The summed E-state index contributed by atoms with van der Waals surface area (Å²) < 4.78 is 6.11. The number of para-hydroxylation sites is 3. The number of anilines is 2. The van der Waals surface area contributed by atoms with Crippen LogP contribution in [0.5, 0.6) is 0 Å². The SMILES string of the molecule is CC.N=Cc1c(Nc2ccccc2)ccc2c3cc(-c4ccc5c(c4)c4ccccc4n5-c4ccccc4)ccc3n(-c3cccc(-c4cccc5c6c(sc45)C4CC4C=C6)c3)c12. The van der Waals surface area contributed by atoms with Gasteiger partial charge in [-0.25, -0.2) is 0 Å². The van der Waals surface area contributed by atoms with Crippen molar-refractivity contribution in [3.05, 3.63) is 198 Å². The van der Waals surface area contributed by atoms with Crippen molar-refractivity contribution < 1.29 is 0 Å². The van der Waals surface area contributed by atoms with Gasteiger partial charge in [0, 0.05) is 77.0 Å². The first-order chi connectivity index (χ1) is 31.2. The van der Waals surface area contributed by atoms with Gasteiger partial charge in [0.25, 0.3) is 0 Å². The second-order valence-corrected chi connectivity index (χ2v) is 17.6. The van der Waals surface area contributed by atoms with Crippen molar-refractivity contribution in [1.29, 1.82) is 5.41 Å². The number of allylic oxidation sites excluding steroid dienone is 1. The van der Waals surface area contributed by atoms with Crippen LogP contribution in [0.25, 0.3) is 93.4 Å². The first-order valence-corrected chi connectivity index (χ1v) is 22.9. The molecule has 0 bridgehead atoms. The molecule has 2 unspecified atom stereocenters. The fraction of sp³-hybridized carbons (Fsp3) is 0.0862. The zero-order valence-electron chi connectivity index (χ0n) is 35.1. The van der Waals surface area contributed by atoms with Crippen LogP contribution in [0.1, 0.15) is 42.2 Å². The van der Waals surface area contributed by atoms with E-state index >= 15 is 0 Å². The van der Waals surface area contributed by atoms with E-state index in [1.807, 2.05) is 43.4 Å². The maximum Gasteiger partial charge on any atom is 0.0649 e. The van der Waals surface area contributed by atoms with Crippen molar-refractivity contribution in [3.63, 3.8) is 0 Å². The number of hydrogen-bond acceptors (Lipinski definition) is 3. The Morgan fingerprint density at radius 1 is 0.571 bits per heavy atom. The van der Waals surface area contributed by atoms with Gasteiger partial charge < -0.3 is 19.9 Å². The van der Waals surface area contributed by atoms with E-state index in [1.54, 1.807) is 4.88 Å². The standard InChI is InChI=1S/C56H38N4S.C2H6/c57-33-49-50(58-38-12-3-1-4-13-38)26-25-43-48-31-35(34-22-27-52-47(30-34)42-17-7-8-20-51(42)59(52)39-14-5-2-6-15-39)23-28-53(48)60(54(43)49)40-16-9-11-36(29-40)41-18-10-19-44-45-24-21-37-32-46(37)56(45)61-55(41)44;1-2/h1-31,33,37,46,57-58H,32H2;1-2H3. The summed E-state index contributed by atoms with van der Waals surface area (Å²) in [4.78, 5) is 1.56. The molecule has 4 nitrogen and oxygen atoms in total. The summed E-state index contributed by atoms with van der Waals surface area (Å²) in [5.41, 5.74) is 15.7. The number of aromatic nitrogens is 2. The van der Waals surface area contributed by atoms with Crippen LogP contribution in [-0.4, -0.2) is 15.3 Å². The average molecular weight is 829 g/mol. The second kappa shape index (κ2) is 14.9. The Kier molecular flexibility index (Phi) is 8.80. The predicted octanol–water partition coefficient (Wildman–Crippen LogP) is 16.3. The summed E-state index contributed by atoms with van der Waals surface area (Å²) >= 11 is 1.99. The van der Waals surface area contributed by atoms with Crippen LogP contribution in [0.3, 0.4) is 0 Å². The molecule has 2 N–H and O–H groups in total. The van der Waals surface area contributed by atoms with Crippen molar-refractivity contribution in [2.75, 3.05) is 5.32 Å². The molecule has 0 radical (unpaired) electrons. The van der Waals surface area contributed by atoms with Crippen LogP contribution < -0.4 is 5.32 Å². The summed E-state index contributed by atoms with van der Waals surface area (Å²) in [6.45, 7) is 4.00. The molecule has 0 spiro atoms. The normalized spacial score (nSPS) is 15.1. The van der Waals surface area contributed by atoms with E-state index in [0.717, 1.165) is 61.6 Å². The summed E-state index contributed by atoms with van der Waals surface area (Å²) in [5, 5.41) is 18.6. The number of hydrogen-bond donors (Lipinski definition) is 2. The number of rotatable bonds is 7. The van der Waals surface area contributed by atoms with Crippen molar-refractivity contribution in [1.82, 2.24) is 9.13 Å². The quantitative estimate of drug-likeness (QED) is 0.154. The van der Waals surface area contributed by atoms with E-state index in [0.29, 0.717) is 5.92 Å². The number of nitrogens with one attached hydrogen (secondary N) is 2. The molecule has 1 fully saturated rings. The molecule has 8 aromatic carbocycles. The van der Waals surface area contributed by atoms with Gasteiger partial charge in [0.2, 0.25) is 0 Å². The summed E-state index contributed by atoms with van der Waals surface area (Å²) in [6.07, 6.45) is 7.58. The van der Waals surface area contributed by atoms with Crippen molar-refractivity contribution in [3.8, 4) is 33.6 Å². The molecule has 2 aliphatic carbocycles. The fourth-order valence-electron chi connectivity index (χ4n) is 10.1. The topological polar surface area (TPSA) is 45.7 Å². The summed E-state index contributed by atoms with van der Waals surface area (Å²) in [5.74, 6) is 1.41. The first kappa shape index (κ1) is 37.3. The van der Waals surface area contributed by atoms with E-state index < -0.39 is 0 Å². The third-order valence-electron chi connectivity index (χ3n) is 13.1. The van der Waals surface area contributed by atoms with Gasteiger partial charge in [-0.2, -0.15) is 0 Å². The minimum absolute atomic E-state index is 0.689. The Morgan fingerprint density at radius 2 is 1.24 bits per heavy atom. The molecule has 3 heterocycles. The Bertz CT molecular complexity index is 3620. The molecule has 63 heavy (non-hydrogen) atoms. The molecule has 0 saturated heterocycles. The van der Waals surface area contributed by atoms with Crippen LogP contribution in [0.15, 0.2) is 182 Å². The average Bonchev–Trinajstić information content (AvgIpc) is 3.79. The largest absolute Gasteiger partial charge is 0.355 e. The molecule has 13 rings (SSSR count). The van der Waals surface area contributed by atoms with Crippen molar-refractivity contribution >= 4 is 88.7 Å². The molecule has 0 aliphatic heterocycles. The lowest BCUT2D eigenvalue weighted by atomic mass is 9.98. The van der Waals surface area contributed by atoms with E-state index in [1.165, 1.54) is 66.8 Å². The fourth-order valence-corrected chi connectivity index (χ4v) is 11.6. The maximum absolute atomic E-state index is 8.92. The van der Waals surface area contributed by atoms with E-state index in [9.17, 15) is 0 Å². The molecule has 1 saturated carbocycles. The third-order valence-corrected chi connectivity index (χ3v) is 14.5. The highest BCUT2D eigenvalue weighted by Gasteiger charge is 2.41. The Balaban J connectivity index is 0.00000208. The molecule has 3 aromatic heterocycles. The molecule has 5 heteroatoms. The van der Waals surface area contributed by atoms with Gasteiger partial charge in [0.05, 0.1) is 22.1 Å². The smallest absolute Gasteiger partial charge is 0.0649 e. The minimum atomic E-state index is 0.689. The van der Waals surface area contributed by atoms with Crippen molar-refractivity contribution in [2.24, 2.45) is 5.92 Å². The monoisotopic (exact) mass is 828 g/mol. The predicted molar refractivity (Wildman–Crippen MR) is 270 cm³/mol. The van der Waals surface area contributed by atoms with E-state index in [4.69, 9.17) is 5.41 Å². The van der Waals surface area contributed by atoms with Crippen LogP contribution in [0.4, 0.5) is 11.4 Å². The molecular formula is C58H44N4S. The van der Waals surface area contributed by atoms with Gasteiger partial charge in [0.15, 0.2) is 0 Å². The lowest BCUT2D eigenvalue weighted by Gasteiger charge is -2.15. The molecule has 302 valence electrons. The van der Waals surface area contributed by atoms with E-state index in [2.05, 4.69) is 184 Å². The Labute approximate surface area is 370 Å². The van der Waals surface area contributed by atoms with E-state index in [-0.39, 0.29) is 0 Å². The number of fused-ring (bicyclic) bond motifs is 11. The highest BCUT2D eigenvalue weighted by Crippen LogP contribution is 2.57. The van der Waals surface area contributed by atoms with Gasteiger partial charge in [-0.1, -0.05) is 129 Å². The third kappa shape index (κ3) is 5.91. The lowest BCUT2D eigenvalue weighted by molar-refractivity contribution is 1.02. The lowest BCUT2D eigenvalue weighted by Crippen LogP contribution is -2.01. The highest BCUT2D eigenvalue weighted by molar-refractivity contribution is 7.20. The highest BCUT2D eigenvalue weighted by atomic mass is 32.1. The Morgan fingerprint density at radius 3 is 2.03 bits per heavy atom. The zero-order valence-corrected chi connectivity index (χ0v) is 36.0.